The zero-order valence-electron chi connectivity index (χ0n) is 10.2. The number of hydrogen-bond acceptors (Lipinski definition) is 2. The third-order valence-corrected chi connectivity index (χ3v) is 2.68. The van der Waals surface area contributed by atoms with E-state index in [0.29, 0.717) is 6.04 Å². The molecule has 15 heavy (non-hydrogen) atoms. The Balaban J connectivity index is 2.57. The molecule has 0 amide bonds. The molecule has 86 valence electrons. The van der Waals surface area contributed by atoms with E-state index < -0.39 is 0 Å². The average Bonchev–Trinajstić information content (AvgIpc) is 2.66. The van der Waals surface area contributed by atoms with Crippen molar-refractivity contribution in [1.82, 2.24) is 14.9 Å². The Labute approximate surface area is 92.9 Å². The van der Waals surface area contributed by atoms with Crippen LogP contribution >= 0.6 is 0 Å². The fraction of sp³-hybridized carbons (Fsp3) is 0.750. The van der Waals surface area contributed by atoms with Gasteiger partial charge in [0.1, 0.15) is 5.82 Å². The number of aryl methyl sites for hydroxylation is 1. The zero-order chi connectivity index (χ0) is 11.1. The van der Waals surface area contributed by atoms with Crippen molar-refractivity contribution in [3.05, 3.63) is 18.2 Å². The van der Waals surface area contributed by atoms with E-state index in [1.807, 2.05) is 6.20 Å². The first-order valence-corrected chi connectivity index (χ1v) is 6.05. The second-order valence-electron chi connectivity index (χ2n) is 3.90. The topological polar surface area (TPSA) is 29.9 Å². The highest BCUT2D eigenvalue weighted by molar-refractivity contribution is 4.95. The van der Waals surface area contributed by atoms with Crippen molar-refractivity contribution < 1.29 is 0 Å². The van der Waals surface area contributed by atoms with Crippen molar-refractivity contribution in [2.75, 3.05) is 6.54 Å². The van der Waals surface area contributed by atoms with Crippen LogP contribution in [0.3, 0.4) is 0 Å². The number of nitrogens with zero attached hydrogens (tertiary/aromatic N) is 2. The number of aromatic nitrogens is 2. The van der Waals surface area contributed by atoms with Crippen LogP contribution in [0.25, 0.3) is 0 Å². The Morgan fingerprint density at radius 2 is 2.20 bits per heavy atom. The minimum absolute atomic E-state index is 0.563. The van der Waals surface area contributed by atoms with E-state index in [0.717, 1.165) is 25.9 Å². The Morgan fingerprint density at radius 3 is 2.80 bits per heavy atom. The number of hydrogen-bond donors (Lipinski definition) is 1. The summed E-state index contributed by atoms with van der Waals surface area (Å²) in [6.07, 6.45) is 7.35. The van der Waals surface area contributed by atoms with Gasteiger partial charge in [-0.05, 0) is 19.4 Å². The summed E-state index contributed by atoms with van der Waals surface area (Å²) >= 11 is 0. The lowest BCUT2D eigenvalue weighted by molar-refractivity contribution is 0.485. The van der Waals surface area contributed by atoms with Gasteiger partial charge >= 0.3 is 0 Å². The summed E-state index contributed by atoms with van der Waals surface area (Å²) in [4.78, 5) is 4.43. The molecule has 3 nitrogen and oxygen atoms in total. The van der Waals surface area contributed by atoms with Gasteiger partial charge in [-0.15, -0.1) is 0 Å². The summed E-state index contributed by atoms with van der Waals surface area (Å²) in [5.41, 5.74) is 0. The Kier molecular flexibility index (Phi) is 5.40. The Bertz CT molecular complexity index is 268. The molecule has 0 aliphatic rings. The number of nitrogens with one attached hydrogen (secondary N) is 1. The molecule has 3 heteroatoms. The maximum absolute atomic E-state index is 4.43. The highest BCUT2D eigenvalue weighted by Crippen LogP contribution is 2.05. The molecule has 1 unspecified atom stereocenters. The Hall–Kier alpha value is -0.830. The van der Waals surface area contributed by atoms with E-state index in [4.69, 9.17) is 0 Å². The standard InChI is InChI=1S/C12H23N3/c1-4-8-15-9-7-14-12(15)10-11(5-2)13-6-3/h7,9,11,13H,4-6,8,10H2,1-3H3. The molecule has 0 aliphatic carbocycles. The number of rotatable bonds is 7. The smallest absolute Gasteiger partial charge is 0.110 e. The summed E-state index contributed by atoms with van der Waals surface area (Å²) in [6, 6.07) is 0.563. The molecule has 0 spiro atoms. The van der Waals surface area contributed by atoms with Gasteiger partial charge in [0.15, 0.2) is 0 Å². The second-order valence-corrected chi connectivity index (χ2v) is 3.90. The van der Waals surface area contributed by atoms with Crippen LogP contribution in [0.1, 0.15) is 39.4 Å². The second kappa shape index (κ2) is 6.62. The predicted molar refractivity (Wildman–Crippen MR) is 64.0 cm³/mol. The molecule has 0 aliphatic heterocycles. The van der Waals surface area contributed by atoms with Gasteiger partial charge in [-0.2, -0.15) is 0 Å². The maximum Gasteiger partial charge on any atom is 0.110 e. The predicted octanol–water partition coefficient (Wildman–Crippen LogP) is 2.22. The Morgan fingerprint density at radius 1 is 1.40 bits per heavy atom. The van der Waals surface area contributed by atoms with E-state index in [-0.39, 0.29) is 0 Å². The maximum atomic E-state index is 4.43. The fourth-order valence-electron chi connectivity index (χ4n) is 1.84. The SMILES string of the molecule is CCCn1ccnc1CC(CC)NCC. The molecule has 1 aromatic rings. The summed E-state index contributed by atoms with van der Waals surface area (Å²) < 4.78 is 2.26. The minimum Gasteiger partial charge on any atom is -0.335 e. The third kappa shape index (κ3) is 3.67. The molecule has 0 saturated carbocycles. The molecule has 0 radical (unpaired) electrons. The van der Waals surface area contributed by atoms with Gasteiger partial charge in [-0.1, -0.05) is 20.8 Å². The average molecular weight is 209 g/mol. The highest BCUT2D eigenvalue weighted by Gasteiger charge is 2.09. The van der Waals surface area contributed by atoms with Gasteiger partial charge < -0.3 is 9.88 Å². The van der Waals surface area contributed by atoms with Gasteiger partial charge in [0.25, 0.3) is 0 Å². The van der Waals surface area contributed by atoms with Crippen LogP contribution in [-0.2, 0) is 13.0 Å². The van der Waals surface area contributed by atoms with Crippen LogP contribution in [0.5, 0.6) is 0 Å². The zero-order valence-corrected chi connectivity index (χ0v) is 10.2. The fourth-order valence-corrected chi connectivity index (χ4v) is 1.84. The number of imidazole rings is 1. The molecule has 1 heterocycles. The van der Waals surface area contributed by atoms with Gasteiger partial charge in [0, 0.05) is 31.4 Å². The molecule has 1 atom stereocenters. The van der Waals surface area contributed by atoms with Crippen LogP contribution in [0.15, 0.2) is 12.4 Å². The summed E-state index contributed by atoms with van der Waals surface area (Å²) in [7, 11) is 0. The summed E-state index contributed by atoms with van der Waals surface area (Å²) in [5, 5.41) is 3.49. The first-order chi connectivity index (χ1) is 7.31. The quantitative estimate of drug-likeness (QED) is 0.746. The molecule has 1 rings (SSSR count). The van der Waals surface area contributed by atoms with Crippen LogP contribution in [0.2, 0.25) is 0 Å². The number of likely N-dealkylation sites (N-methyl/N-ethyl adjacent to an activating group) is 1. The lowest BCUT2D eigenvalue weighted by Gasteiger charge is -2.16. The van der Waals surface area contributed by atoms with Crippen molar-refractivity contribution in [2.45, 2.75) is 52.6 Å². The summed E-state index contributed by atoms with van der Waals surface area (Å²) in [6.45, 7) is 8.69. The molecule has 0 saturated heterocycles. The van der Waals surface area contributed by atoms with Crippen LogP contribution in [0.4, 0.5) is 0 Å². The minimum atomic E-state index is 0.563. The van der Waals surface area contributed by atoms with E-state index in [1.165, 1.54) is 12.2 Å². The molecule has 0 bridgehead atoms. The molecule has 0 aromatic carbocycles. The van der Waals surface area contributed by atoms with Gasteiger partial charge in [-0.25, -0.2) is 4.98 Å². The normalized spacial score (nSPS) is 13.0. The van der Waals surface area contributed by atoms with E-state index in [1.54, 1.807) is 0 Å². The van der Waals surface area contributed by atoms with Crippen molar-refractivity contribution in [3.8, 4) is 0 Å². The van der Waals surface area contributed by atoms with Crippen molar-refractivity contribution in [2.24, 2.45) is 0 Å². The molecule has 0 fully saturated rings. The van der Waals surface area contributed by atoms with Crippen molar-refractivity contribution >= 4 is 0 Å². The van der Waals surface area contributed by atoms with Crippen molar-refractivity contribution in [3.63, 3.8) is 0 Å². The van der Waals surface area contributed by atoms with E-state index in [2.05, 4.69) is 41.8 Å². The lowest BCUT2D eigenvalue weighted by atomic mass is 10.1. The van der Waals surface area contributed by atoms with E-state index >= 15 is 0 Å². The lowest BCUT2D eigenvalue weighted by Crippen LogP contribution is -2.31. The molecule has 1 N–H and O–H groups in total. The molecular formula is C12H23N3. The molecule has 1 aromatic heterocycles. The van der Waals surface area contributed by atoms with Gasteiger partial charge in [0.2, 0.25) is 0 Å². The van der Waals surface area contributed by atoms with Crippen LogP contribution in [0, 0.1) is 0 Å². The van der Waals surface area contributed by atoms with Crippen LogP contribution < -0.4 is 5.32 Å². The van der Waals surface area contributed by atoms with Crippen LogP contribution in [-0.4, -0.2) is 22.1 Å². The highest BCUT2D eigenvalue weighted by atomic mass is 15.1. The van der Waals surface area contributed by atoms with Gasteiger partial charge in [0.05, 0.1) is 0 Å². The summed E-state index contributed by atoms with van der Waals surface area (Å²) in [5.74, 6) is 1.21. The first kappa shape index (κ1) is 12.2. The molecular weight excluding hydrogens is 186 g/mol. The van der Waals surface area contributed by atoms with Gasteiger partial charge in [-0.3, -0.25) is 0 Å². The van der Waals surface area contributed by atoms with Crippen molar-refractivity contribution in [1.29, 1.82) is 0 Å². The first-order valence-electron chi connectivity index (χ1n) is 6.05. The monoisotopic (exact) mass is 209 g/mol. The van der Waals surface area contributed by atoms with E-state index in [9.17, 15) is 0 Å². The third-order valence-electron chi connectivity index (χ3n) is 2.68. The largest absolute Gasteiger partial charge is 0.335 e.